The maximum atomic E-state index is 12.4. The molecule has 0 aromatic carbocycles. The van der Waals surface area contributed by atoms with Crippen molar-refractivity contribution in [2.45, 2.75) is 43.7 Å². The Bertz CT molecular complexity index is 736. The zero-order valence-electron chi connectivity index (χ0n) is 14.9. The second-order valence-corrected chi connectivity index (χ2v) is 7.27. The van der Waals surface area contributed by atoms with Gasteiger partial charge in [-0.25, -0.2) is 4.79 Å². The predicted molar refractivity (Wildman–Crippen MR) is 97.2 cm³/mol. The Morgan fingerprint density at radius 3 is 2.54 bits per heavy atom. The van der Waals surface area contributed by atoms with Gasteiger partial charge in [0.1, 0.15) is 18.3 Å². The first-order valence-corrected chi connectivity index (χ1v) is 9.28. The quantitative estimate of drug-likeness (QED) is 0.295. The summed E-state index contributed by atoms with van der Waals surface area (Å²) in [5, 5.41) is 45.3. The first kappa shape index (κ1) is 21.8. The third-order valence-corrected chi connectivity index (χ3v) is 4.95. The molecule has 1 aromatic heterocycles. The highest BCUT2D eigenvalue weighted by atomic mass is 32.1. The summed E-state index contributed by atoms with van der Waals surface area (Å²) in [6, 6.07) is 1.45. The normalized spacial score (nSPS) is 23.7. The van der Waals surface area contributed by atoms with Crippen molar-refractivity contribution in [3.05, 3.63) is 34.2 Å². The van der Waals surface area contributed by atoms with Gasteiger partial charge in [0, 0.05) is 11.8 Å². The number of carboxylic acids is 1. The number of aliphatic hydroxyl groups is 3. The van der Waals surface area contributed by atoms with E-state index in [9.17, 15) is 29.7 Å². The van der Waals surface area contributed by atoms with E-state index in [0.717, 1.165) is 11.0 Å². The number of hydrogen-bond donors (Lipinski definition) is 6. The molecule has 0 saturated heterocycles. The number of aliphatic hydroxyl groups excluding tert-OH is 3. The number of carbonyl (C=O) groups is 3. The van der Waals surface area contributed by atoms with Crippen LogP contribution in [0.4, 0.5) is 0 Å². The fourth-order valence-corrected chi connectivity index (χ4v) is 3.51. The highest BCUT2D eigenvalue weighted by Gasteiger charge is 2.44. The van der Waals surface area contributed by atoms with E-state index in [2.05, 4.69) is 10.6 Å². The summed E-state index contributed by atoms with van der Waals surface area (Å²) in [6.07, 6.45) is -3.62. The number of carbonyl (C=O) groups excluding carboxylic acids is 2. The van der Waals surface area contributed by atoms with Crippen molar-refractivity contribution in [1.82, 2.24) is 10.6 Å². The predicted octanol–water partition coefficient (Wildman–Crippen LogP) is -1.64. The third-order valence-electron chi connectivity index (χ3n) is 4.08. The Hall–Kier alpha value is -2.47. The van der Waals surface area contributed by atoms with Crippen LogP contribution in [-0.4, -0.2) is 75.2 Å². The van der Waals surface area contributed by atoms with E-state index in [-0.39, 0.29) is 6.42 Å². The molecule has 1 unspecified atom stereocenters. The number of nitrogens with one attached hydrogen (secondary N) is 2. The van der Waals surface area contributed by atoms with Gasteiger partial charge in [-0.2, -0.15) is 0 Å². The van der Waals surface area contributed by atoms with E-state index in [1.54, 1.807) is 12.1 Å². The molecule has 0 saturated carbocycles. The van der Waals surface area contributed by atoms with Gasteiger partial charge in [0.2, 0.25) is 17.6 Å². The van der Waals surface area contributed by atoms with Crippen molar-refractivity contribution >= 4 is 29.1 Å². The molecular weight excluding hydrogens is 392 g/mol. The molecule has 0 spiro atoms. The summed E-state index contributed by atoms with van der Waals surface area (Å²) in [5.41, 5.74) is 0. The highest BCUT2D eigenvalue weighted by molar-refractivity contribution is 7.10. The van der Waals surface area contributed by atoms with Crippen molar-refractivity contribution in [3.63, 3.8) is 0 Å². The van der Waals surface area contributed by atoms with Gasteiger partial charge in [0.15, 0.2) is 0 Å². The molecule has 0 aliphatic carbocycles. The molecule has 0 fully saturated rings. The second-order valence-electron chi connectivity index (χ2n) is 6.23. The molecular formula is C17H22N2O8S. The zero-order chi connectivity index (χ0) is 20.8. The van der Waals surface area contributed by atoms with Crippen molar-refractivity contribution in [2.24, 2.45) is 0 Å². The van der Waals surface area contributed by atoms with Crippen LogP contribution >= 0.6 is 11.3 Å². The minimum atomic E-state index is -1.72. The van der Waals surface area contributed by atoms with Crippen LogP contribution in [0.5, 0.6) is 0 Å². The summed E-state index contributed by atoms with van der Waals surface area (Å²) < 4.78 is 5.24. The lowest BCUT2D eigenvalue weighted by Gasteiger charge is -2.40. The van der Waals surface area contributed by atoms with Crippen molar-refractivity contribution in [3.8, 4) is 0 Å². The molecule has 11 heteroatoms. The molecule has 5 atom stereocenters. The molecule has 1 aliphatic heterocycles. The van der Waals surface area contributed by atoms with Crippen molar-refractivity contribution in [2.75, 3.05) is 6.61 Å². The Kier molecular flexibility index (Phi) is 7.52. The van der Waals surface area contributed by atoms with Gasteiger partial charge >= 0.3 is 5.97 Å². The Labute approximate surface area is 164 Å². The van der Waals surface area contributed by atoms with Crippen LogP contribution in [0.2, 0.25) is 0 Å². The van der Waals surface area contributed by atoms with Crippen LogP contribution in [0.3, 0.4) is 0 Å². The lowest BCUT2D eigenvalue weighted by Crippen LogP contribution is -2.63. The smallest absolute Gasteiger partial charge is 0.370 e. The maximum Gasteiger partial charge on any atom is 0.370 e. The fraction of sp³-hybridized carbons (Fsp3) is 0.471. The number of amides is 2. The number of thiophene rings is 1. The van der Waals surface area contributed by atoms with Gasteiger partial charge < -0.3 is 35.8 Å². The molecule has 1 aromatic rings. The van der Waals surface area contributed by atoms with Crippen LogP contribution in [0.1, 0.15) is 11.8 Å². The van der Waals surface area contributed by atoms with E-state index in [1.807, 2.05) is 5.38 Å². The van der Waals surface area contributed by atoms with Crippen LogP contribution < -0.4 is 10.6 Å². The molecule has 6 N–H and O–H groups in total. The van der Waals surface area contributed by atoms with Gasteiger partial charge in [-0.15, -0.1) is 11.3 Å². The lowest BCUT2D eigenvalue weighted by molar-refractivity contribution is -0.147. The molecule has 1 aliphatic rings. The SMILES string of the molecule is CC(=O)N[C@H]1[C@H]([C@H](O)C(O)CO)OC(C(=O)O)=C[C@@H]1NC(=O)Cc1cccs1. The van der Waals surface area contributed by atoms with Gasteiger partial charge in [-0.1, -0.05) is 6.07 Å². The first-order valence-electron chi connectivity index (χ1n) is 8.40. The van der Waals surface area contributed by atoms with Gasteiger partial charge in [-0.05, 0) is 17.5 Å². The van der Waals surface area contributed by atoms with Crippen LogP contribution in [0.15, 0.2) is 29.3 Å². The highest BCUT2D eigenvalue weighted by Crippen LogP contribution is 2.23. The van der Waals surface area contributed by atoms with Crippen LogP contribution in [0, 0.1) is 0 Å². The summed E-state index contributed by atoms with van der Waals surface area (Å²) >= 11 is 1.38. The molecule has 28 heavy (non-hydrogen) atoms. The minimum Gasteiger partial charge on any atom is -0.478 e. The largest absolute Gasteiger partial charge is 0.478 e. The molecule has 2 heterocycles. The fourth-order valence-electron chi connectivity index (χ4n) is 2.81. The minimum absolute atomic E-state index is 0.0462. The second kappa shape index (κ2) is 9.64. The average Bonchev–Trinajstić information content (AvgIpc) is 3.13. The monoisotopic (exact) mass is 414 g/mol. The van der Waals surface area contributed by atoms with Crippen molar-refractivity contribution in [1.29, 1.82) is 0 Å². The Morgan fingerprint density at radius 1 is 1.29 bits per heavy atom. The van der Waals surface area contributed by atoms with Crippen LogP contribution in [-0.2, 0) is 25.5 Å². The molecule has 154 valence electrons. The summed E-state index contributed by atoms with van der Waals surface area (Å²) in [6.45, 7) is 0.391. The Morgan fingerprint density at radius 2 is 2.00 bits per heavy atom. The number of rotatable bonds is 8. The number of carboxylic acid groups (broad SMARTS) is 1. The van der Waals surface area contributed by atoms with E-state index in [1.165, 1.54) is 18.3 Å². The van der Waals surface area contributed by atoms with Gasteiger partial charge in [-0.3, -0.25) is 9.59 Å². The molecule has 2 amide bonds. The molecule has 0 radical (unpaired) electrons. The number of ether oxygens (including phenoxy) is 1. The van der Waals surface area contributed by atoms with Crippen LogP contribution in [0.25, 0.3) is 0 Å². The Balaban J connectivity index is 2.30. The molecule has 2 rings (SSSR count). The maximum absolute atomic E-state index is 12.4. The van der Waals surface area contributed by atoms with E-state index >= 15 is 0 Å². The van der Waals surface area contributed by atoms with E-state index in [0.29, 0.717) is 0 Å². The lowest BCUT2D eigenvalue weighted by atomic mass is 9.92. The van der Waals surface area contributed by atoms with E-state index < -0.39 is 60.5 Å². The molecule has 0 bridgehead atoms. The number of aliphatic carboxylic acids is 1. The van der Waals surface area contributed by atoms with Gasteiger partial charge in [0.05, 0.1) is 25.1 Å². The average molecular weight is 414 g/mol. The summed E-state index contributed by atoms with van der Waals surface area (Å²) in [7, 11) is 0. The molecule has 10 nitrogen and oxygen atoms in total. The standard InChI is InChI=1S/C17H22N2O8S/c1-8(21)18-14-10(19-13(23)5-9-3-2-4-28-9)6-12(17(25)26)27-16(14)15(24)11(22)7-20/h2-4,6,10-11,14-16,20,22,24H,5,7H2,1H3,(H,18,21)(H,19,23)(H,25,26)/t10-,11?,14+,15+,16+/m0/s1. The summed E-state index contributed by atoms with van der Waals surface area (Å²) in [5.74, 6) is -2.96. The first-order chi connectivity index (χ1) is 13.2. The van der Waals surface area contributed by atoms with Crippen molar-refractivity contribution < 1.29 is 39.5 Å². The number of hydrogen-bond acceptors (Lipinski definition) is 8. The topological polar surface area (TPSA) is 165 Å². The van der Waals surface area contributed by atoms with Gasteiger partial charge in [0.25, 0.3) is 0 Å². The zero-order valence-corrected chi connectivity index (χ0v) is 15.8. The third kappa shape index (κ3) is 5.52. The van der Waals surface area contributed by atoms with E-state index in [4.69, 9.17) is 9.84 Å². The summed E-state index contributed by atoms with van der Waals surface area (Å²) in [4.78, 5) is 36.2.